The molecule has 2 atom stereocenters. The number of hydrogen-bond acceptors (Lipinski definition) is 6. The van der Waals surface area contributed by atoms with Gasteiger partial charge in [-0.1, -0.05) is 0 Å². The van der Waals surface area contributed by atoms with E-state index in [1.165, 1.54) is 11.3 Å². The fourth-order valence-corrected chi connectivity index (χ4v) is 4.87. The summed E-state index contributed by atoms with van der Waals surface area (Å²) >= 11 is 1.46. The van der Waals surface area contributed by atoms with Gasteiger partial charge in [0.1, 0.15) is 4.83 Å². The van der Waals surface area contributed by atoms with Crippen LogP contribution in [0.3, 0.4) is 0 Å². The minimum absolute atomic E-state index is 0.0961. The Morgan fingerprint density at radius 1 is 1.29 bits per heavy atom. The third-order valence-electron chi connectivity index (χ3n) is 5.39. The molecule has 0 spiro atoms. The number of pyridine rings is 2. The van der Waals surface area contributed by atoms with Gasteiger partial charge in [0.2, 0.25) is 0 Å². The van der Waals surface area contributed by atoms with Crippen LogP contribution in [0, 0.1) is 0 Å². The molecule has 1 saturated carbocycles. The highest BCUT2D eigenvalue weighted by Gasteiger charge is 2.48. The van der Waals surface area contributed by atoms with Gasteiger partial charge in [-0.2, -0.15) is 5.10 Å². The van der Waals surface area contributed by atoms with E-state index >= 15 is 0 Å². The number of aryl methyl sites for hydroxylation is 1. The van der Waals surface area contributed by atoms with E-state index in [9.17, 15) is 4.79 Å². The standard InChI is InChI=1S/C20H17N5O2S/c1-24-10-13-6-12(9-21-18(13)23-24)14-3-2-11-7-17(28-19(11)22-14)20(26)25-4-5-27-16-8-15(16)25/h2-3,6-7,9-10,15-16H,4-5,8H2,1H3/t15-,16-/m1/s1. The van der Waals surface area contributed by atoms with Gasteiger partial charge < -0.3 is 9.64 Å². The van der Waals surface area contributed by atoms with Crippen molar-refractivity contribution in [2.24, 2.45) is 7.05 Å². The third-order valence-corrected chi connectivity index (χ3v) is 6.42. The quantitative estimate of drug-likeness (QED) is 0.525. The van der Waals surface area contributed by atoms with Crippen LogP contribution >= 0.6 is 11.3 Å². The van der Waals surface area contributed by atoms with Gasteiger partial charge in [0.25, 0.3) is 5.91 Å². The molecule has 8 heteroatoms. The topological polar surface area (TPSA) is 73.1 Å². The lowest BCUT2D eigenvalue weighted by molar-refractivity contribution is 0.0265. The number of rotatable bonds is 2. The highest BCUT2D eigenvalue weighted by atomic mass is 32.1. The zero-order chi connectivity index (χ0) is 18.8. The molecule has 2 aliphatic rings. The van der Waals surface area contributed by atoms with Gasteiger partial charge in [-0.05, 0) is 30.7 Å². The molecular formula is C20H17N5O2S. The van der Waals surface area contributed by atoms with Crippen LogP contribution in [0.4, 0.5) is 0 Å². The van der Waals surface area contributed by atoms with Gasteiger partial charge >= 0.3 is 0 Å². The van der Waals surface area contributed by atoms with E-state index in [1.807, 2.05) is 42.4 Å². The highest BCUT2D eigenvalue weighted by Crippen LogP contribution is 2.37. The van der Waals surface area contributed by atoms with Crippen LogP contribution in [-0.2, 0) is 11.8 Å². The molecule has 2 fully saturated rings. The normalized spacial score (nSPS) is 21.2. The first-order valence-electron chi connectivity index (χ1n) is 9.29. The summed E-state index contributed by atoms with van der Waals surface area (Å²) in [5, 5.41) is 6.29. The summed E-state index contributed by atoms with van der Waals surface area (Å²) in [5.41, 5.74) is 2.51. The monoisotopic (exact) mass is 391 g/mol. The summed E-state index contributed by atoms with van der Waals surface area (Å²) in [5.74, 6) is 0.0961. The molecule has 4 aromatic rings. The molecular weight excluding hydrogens is 374 g/mol. The molecule has 4 aromatic heterocycles. The SMILES string of the molecule is Cn1cc2cc(-c3ccc4cc(C(=O)N5CCO[C@@H]6C[C@H]65)sc4n3)cnc2n1. The molecule has 0 bridgehead atoms. The molecule has 140 valence electrons. The molecule has 1 aliphatic heterocycles. The number of morpholine rings is 1. The maximum atomic E-state index is 12.9. The van der Waals surface area contributed by atoms with E-state index in [4.69, 9.17) is 9.72 Å². The number of hydrogen-bond donors (Lipinski definition) is 0. The second-order valence-corrected chi connectivity index (χ2v) is 8.38. The molecule has 1 saturated heterocycles. The molecule has 5 heterocycles. The van der Waals surface area contributed by atoms with Crippen molar-refractivity contribution in [1.82, 2.24) is 24.6 Å². The number of ether oxygens (including phenoxy) is 1. The van der Waals surface area contributed by atoms with Gasteiger partial charge in [0.05, 0.1) is 29.3 Å². The molecule has 0 N–H and O–H groups in total. The van der Waals surface area contributed by atoms with Crippen molar-refractivity contribution in [3.05, 3.63) is 41.5 Å². The summed E-state index contributed by atoms with van der Waals surface area (Å²) in [7, 11) is 1.88. The Labute approximate surface area is 164 Å². The van der Waals surface area contributed by atoms with Crippen molar-refractivity contribution in [3.63, 3.8) is 0 Å². The van der Waals surface area contributed by atoms with Crippen LogP contribution < -0.4 is 0 Å². The maximum Gasteiger partial charge on any atom is 0.264 e. The largest absolute Gasteiger partial charge is 0.374 e. The van der Waals surface area contributed by atoms with Crippen molar-refractivity contribution in [1.29, 1.82) is 0 Å². The number of fused-ring (bicyclic) bond motifs is 3. The predicted molar refractivity (Wildman–Crippen MR) is 106 cm³/mol. The smallest absolute Gasteiger partial charge is 0.264 e. The van der Waals surface area contributed by atoms with Crippen molar-refractivity contribution in [2.45, 2.75) is 18.6 Å². The maximum absolute atomic E-state index is 12.9. The number of nitrogens with zero attached hydrogens (tertiary/aromatic N) is 5. The Kier molecular flexibility index (Phi) is 3.36. The van der Waals surface area contributed by atoms with Crippen LogP contribution in [-0.4, -0.2) is 55.9 Å². The van der Waals surface area contributed by atoms with Gasteiger partial charge in [-0.3, -0.25) is 9.48 Å². The van der Waals surface area contributed by atoms with Crippen LogP contribution in [0.1, 0.15) is 16.1 Å². The molecule has 0 radical (unpaired) electrons. The first kappa shape index (κ1) is 16.1. The van der Waals surface area contributed by atoms with Crippen molar-refractivity contribution < 1.29 is 9.53 Å². The fraction of sp³-hybridized carbons (Fsp3) is 0.300. The van der Waals surface area contributed by atoms with Gasteiger partial charge in [0, 0.05) is 42.3 Å². The number of aromatic nitrogens is 4. The molecule has 28 heavy (non-hydrogen) atoms. The summed E-state index contributed by atoms with van der Waals surface area (Å²) in [6, 6.07) is 8.26. The molecule has 0 unspecified atom stereocenters. The van der Waals surface area contributed by atoms with Crippen LogP contribution in [0.2, 0.25) is 0 Å². The fourth-order valence-electron chi connectivity index (χ4n) is 3.89. The predicted octanol–water partition coefficient (Wildman–Crippen LogP) is 2.86. The molecule has 7 nitrogen and oxygen atoms in total. The second kappa shape index (κ2) is 5.83. The minimum Gasteiger partial charge on any atom is -0.374 e. The van der Waals surface area contributed by atoms with E-state index < -0.39 is 0 Å². The van der Waals surface area contributed by atoms with Crippen molar-refractivity contribution in [2.75, 3.05) is 13.2 Å². The van der Waals surface area contributed by atoms with E-state index in [0.29, 0.717) is 13.2 Å². The molecule has 0 aromatic carbocycles. The Balaban J connectivity index is 1.35. The van der Waals surface area contributed by atoms with E-state index in [0.717, 1.165) is 43.8 Å². The first-order chi connectivity index (χ1) is 13.7. The average molecular weight is 391 g/mol. The number of carbonyl (C=O) groups is 1. The van der Waals surface area contributed by atoms with Crippen LogP contribution in [0.5, 0.6) is 0 Å². The number of amides is 1. The highest BCUT2D eigenvalue weighted by molar-refractivity contribution is 7.20. The summed E-state index contributed by atoms with van der Waals surface area (Å²) in [6.07, 6.45) is 4.94. The van der Waals surface area contributed by atoms with E-state index in [-0.39, 0.29) is 18.1 Å². The Hall–Kier alpha value is -2.84. The van der Waals surface area contributed by atoms with Gasteiger partial charge in [-0.25, -0.2) is 9.97 Å². The van der Waals surface area contributed by atoms with Crippen molar-refractivity contribution in [3.8, 4) is 11.3 Å². The number of thiophene rings is 1. The zero-order valence-corrected chi connectivity index (χ0v) is 16.0. The lowest BCUT2D eigenvalue weighted by Gasteiger charge is -2.26. The lowest BCUT2D eigenvalue weighted by Crippen LogP contribution is -2.40. The Morgan fingerprint density at radius 2 is 2.21 bits per heavy atom. The summed E-state index contributed by atoms with van der Waals surface area (Å²) < 4.78 is 7.36. The van der Waals surface area contributed by atoms with Crippen LogP contribution in [0.15, 0.2) is 36.7 Å². The Bertz CT molecular complexity index is 1250. The van der Waals surface area contributed by atoms with E-state index in [2.05, 4.69) is 10.1 Å². The molecule has 6 rings (SSSR count). The zero-order valence-electron chi connectivity index (χ0n) is 15.2. The summed E-state index contributed by atoms with van der Waals surface area (Å²) in [6.45, 7) is 1.30. The lowest BCUT2D eigenvalue weighted by atomic mass is 10.1. The third kappa shape index (κ3) is 2.52. The second-order valence-electron chi connectivity index (χ2n) is 7.35. The first-order valence-corrected chi connectivity index (χ1v) is 10.1. The van der Waals surface area contributed by atoms with E-state index in [1.54, 1.807) is 10.9 Å². The van der Waals surface area contributed by atoms with Crippen molar-refractivity contribution >= 4 is 38.5 Å². The van der Waals surface area contributed by atoms with Crippen LogP contribution in [0.25, 0.3) is 32.5 Å². The minimum atomic E-state index is 0.0961. The summed E-state index contributed by atoms with van der Waals surface area (Å²) in [4.78, 5) is 25.7. The average Bonchev–Trinajstić information content (AvgIpc) is 3.22. The molecule has 1 amide bonds. The van der Waals surface area contributed by atoms with Gasteiger partial charge in [0.15, 0.2) is 5.65 Å². The molecule has 1 aliphatic carbocycles. The Morgan fingerprint density at radius 3 is 3.14 bits per heavy atom. The van der Waals surface area contributed by atoms with Gasteiger partial charge in [-0.15, -0.1) is 11.3 Å². The number of carbonyl (C=O) groups excluding carboxylic acids is 1.